The van der Waals surface area contributed by atoms with Gasteiger partial charge in [0.15, 0.2) is 0 Å². The van der Waals surface area contributed by atoms with E-state index in [1.54, 1.807) is 24.3 Å². The minimum absolute atomic E-state index is 0.0885. The normalized spacial score (nSPS) is 16.2. The van der Waals surface area contributed by atoms with Crippen molar-refractivity contribution >= 4 is 0 Å². The molecule has 3 aromatic rings. The number of aliphatic hydroxyl groups excluding tert-OH is 1. The fourth-order valence-corrected chi connectivity index (χ4v) is 4.72. The average molecular weight is 443 g/mol. The third-order valence-electron chi connectivity index (χ3n) is 6.50. The van der Waals surface area contributed by atoms with Crippen molar-refractivity contribution in [2.45, 2.75) is 24.5 Å². The maximum absolute atomic E-state index is 12.0. The lowest BCUT2D eigenvalue weighted by Gasteiger charge is -2.42. The standard InChI is InChI=1S/C28H30N2O3/c29-19-22-11-13-27(14-12-22)33-21-26(31)20-30-17-15-25(16-18-30)28(32,23-7-3-1-4-8-23)24-9-5-2-6-10-24/h1-14,25-26,31-32H,15-18,20-21H2/t26-/m1/s1. The first-order chi connectivity index (χ1) is 16.1. The number of benzene rings is 3. The maximum Gasteiger partial charge on any atom is 0.119 e. The number of rotatable bonds is 8. The van der Waals surface area contributed by atoms with Crippen LogP contribution in [0.2, 0.25) is 0 Å². The molecule has 4 rings (SSSR count). The highest BCUT2D eigenvalue weighted by Gasteiger charge is 2.41. The summed E-state index contributed by atoms with van der Waals surface area (Å²) in [6, 6.07) is 28.8. The van der Waals surface area contributed by atoms with Gasteiger partial charge in [0.2, 0.25) is 0 Å². The van der Waals surface area contributed by atoms with Crippen molar-refractivity contribution in [1.82, 2.24) is 4.90 Å². The Labute approximate surface area is 195 Å². The SMILES string of the molecule is N#Cc1ccc(OC[C@H](O)CN2CCC(C(O)(c3ccccc3)c3ccccc3)CC2)cc1. The molecule has 5 heteroatoms. The van der Waals surface area contributed by atoms with Gasteiger partial charge in [-0.05, 0) is 67.2 Å². The summed E-state index contributed by atoms with van der Waals surface area (Å²) in [6.45, 7) is 2.34. The highest BCUT2D eigenvalue weighted by atomic mass is 16.5. The third-order valence-corrected chi connectivity index (χ3v) is 6.50. The molecule has 0 unspecified atom stereocenters. The van der Waals surface area contributed by atoms with E-state index in [0.717, 1.165) is 37.1 Å². The lowest BCUT2D eigenvalue weighted by atomic mass is 9.72. The molecule has 0 bridgehead atoms. The van der Waals surface area contributed by atoms with Crippen LogP contribution in [0.4, 0.5) is 0 Å². The lowest BCUT2D eigenvalue weighted by Crippen LogP contribution is -2.46. The molecular formula is C28H30N2O3. The number of piperidine rings is 1. The maximum atomic E-state index is 12.0. The molecule has 170 valence electrons. The van der Waals surface area contributed by atoms with Crippen LogP contribution in [-0.2, 0) is 5.60 Å². The number of hydrogen-bond donors (Lipinski definition) is 2. The van der Waals surface area contributed by atoms with Gasteiger partial charge in [0.1, 0.15) is 24.1 Å². The number of nitrogens with zero attached hydrogens (tertiary/aromatic N) is 2. The van der Waals surface area contributed by atoms with Crippen LogP contribution < -0.4 is 4.74 Å². The number of ether oxygens (including phenoxy) is 1. The molecule has 0 aliphatic carbocycles. The molecule has 1 aliphatic rings. The number of nitriles is 1. The Morgan fingerprint density at radius 2 is 1.45 bits per heavy atom. The van der Waals surface area contributed by atoms with Crippen molar-refractivity contribution < 1.29 is 14.9 Å². The van der Waals surface area contributed by atoms with E-state index in [1.165, 1.54) is 0 Å². The van der Waals surface area contributed by atoms with E-state index < -0.39 is 11.7 Å². The van der Waals surface area contributed by atoms with Gasteiger partial charge in [-0.3, -0.25) is 0 Å². The Hall–Kier alpha value is -3.17. The first kappa shape index (κ1) is 23.0. The van der Waals surface area contributed by atoms with Crippen molar-refractivity contribution in [2.75, 3.05) is 26.2 Å². The smallest absolute Gasteiger partial charge is 0.119 e. The number of aliphatic hydroxyl groups is 2. The molecule has 33 heavy (non-hydrogen) atoms. The van der Waals surface area contributed by atoms with E-state index in [1.807, 2.05) is 60.7 Å². The molecule has 2 N–H and O–H groups in total. The topological polar surface area (TPSA) is 76.7 Å². The summed E-state index contributed by atoms with van der Waals surface area (Å²) < 4.78 is 5.67. The predicted octanol–water partition coefficient (Wildman–Crippen LogP) is 3.95. The molecule has 0 saturated carbocycles. The minimum atomic E-state index is -1.04. The monoisotopic (exact) mass is 442 g/mol. The third kappa shape index (κ3) is 5.43. The van der Waals surface area contributed by atoms with Crippen LogP contribution >= 0.6 is 0 Å². The van der Waals surface area contributed by atoms with Crippen LogP contribution in [0.1, 0.15) is 29.5 Å². The minimum Gasteiger partial charge on any atom is -0.491 e. The van der Waals surface area contributed by atoms with Gasteiger partial charge in [0.05, 0.1) is 11.6 Å². The zero-order chi connectivity index (χ0) is 23.1. The Morgan fingerprint density at radius 1 is 0.909 bits per heavy atom. The van der Waals surface area contributed by atoms with Crippen molar-refractivity contribution in [3.63, 3.8) is 0 Å². The summed E-state index contributed by atoms with van der Waals surface area (Å²) in [4.78, 5) is 2.24. The molecule has 0 radical (unpaired) electrons. The van der Waals surface area contributed by atoms with Crippen LogP contribution in [0.3, 0.4) is 0 Å². The first-order valence-corrected chi connectivity index (χ1v) is 11.5. The van der Waals surface area contributed by atoms with Gasteiger partial charge in [-0.1, -0.05) is 60.7 Å². The molecule has 5 nitrogen and oxygen atoms in total. The van der Waals surface area contributed by atoms with Crippen molar-refractivity contribution in [3.8, 4) is 11.8 Å². The molecule has 3 aromatic carbocycles. The zero-order valence-electron chi connectivity index (χ0n) is 18.7. The Bertz CT molecular complexity index is 1000. The summed E-state index contributed by atoms with van der Waals surface area (Å²) in [6.07, 6.45) is 1.06. The second-order valence-corrected chi connectivity index (χ2v) is 8.67. The molecule has 0 aromatic heterocycles. The Balaban J connectivity index is 1.35. The number of likely N-dealkylation sites (tertiary alicyclic amines) is 1. The summed E-state index contributed by atoms with van der Waals surface area (Å²) >= 11 is 0. The summed E-state index contributed by atoms with van der Waals surface area (Å²) in [7, 11) is 0. The molecule has 0 amide bonds. The zero-order valence-corrected chi connectivity index (χ0v) is 18.7. The Kier molecular flexibility index (Phi) is 7.41. The van der Waals surface area contributed by atoms with E-state index in [-0.39, 0.29) is 12.5 Å². The van der Waals surface area contributed by atoms with E-state index in [0.29, 0.717) is 17.9 Å². The number of β-amino-alcohol motifs (C(OH)–C–C–N with tert-alkyl or cyclic N) is 1. The van der Waals surface area contributed by atoms with Crippen molar-refractivity contribution in [3.05, 3.63) is 102 Å². The summed E-state index contributed by atoms with van der Waals surface area (Å²) in [5, 5.41) is 31.3. The molecule has 1 aliphatic heterocycles. The fourth-order valence-electron chi connectivity index (χ4n) is 4.72. The largest absolute Gasteiger partial charge is 0.491 e. The van der Waals surface area contributed by atoms with Gasteiger partial charge in [-0.25, -0.2) is 0 Å². The van der Waals surface area contributed by atoms with Crippen LogP contribution in [0.5, 0.6) is 5.75 Å². The molecule has 1 fully saturated rings. The molecule has 1 atom stereocenters. The first-order valence-electron chi connectivity index (χ1n) is 11.5. The summed E-state index contributed by atoms with van der Waals surface area (Å²) in [5.74, 6) is 0.730. The summed E-state index contributed by atoms with van der Waals surface area (Å²) in [5.41, 5.74) is 1.39. The fraction of sp³-hybridized carbons (Fsp3) is 0.321. The quantitative estimate of drug-likeness (QED) is 0.553. The molecule has 1 heterocycles. The van der Waals surface area contributed by atoms with Crippen LogP contribution in [0.25, 0.3) is 0 Å². The number of hydrogen-bond acceptors (Lipinski definition) is 5. The van der Waals surface area contributed by atoms with Gasteiger partial charge in [0, 0.05) is 6.54 Å². The van der Waals surface area contributed by atoms with Crippen molar-refractivity contribution in [2.24, 2.45) is 5.92 Å². The average Bonchev–Trinajstić information content (AvgIpc) is 2.89. The van der Waals surface area contributed by atoms with Crippen molar-refractivity contribution in [1.29, 1.82) is 5.26 Å². The van der Waals surface area contributed by atoms with Crippen LogP contribution in [0, 0.1) is 17.2 Å². The highest BCUT2D eigenvalue weighted by Crippen LogP contribution is 2.41. The molecule has 0 spiro atoms. The van der Waals surface area contributed by atoms with Gasteiger partial charge in [-0.2, -0.15) is 5.26 Å². The van der Waals surface area contributed by atoms with E-state index >= 15 is 0 Å². The second-order valence-electron chi connectivity index (χ2n) is 8.67. The van der Waals surface area contributed by atoms with Gasteiger partial charge in [-0.15, -0.1) is 0 Å². The van der Waals surface area contributed by atoms with Crippen LogP contribution in [-0.4, -0.2) is 47.5 Å². The van der Waals surface area contributed by atoms with Crippen LogP contribution in [0.15, 0.2) is 84.9 Å². The highest BCUT2D eigenvalue weighted by molar-refractivity contribution is 5.37. The molecule has 1 saturated heterocycles. The van der Waals surface area contributed by atoms with E-state index in [4.69, 9.17) is 10.00 Å². The van der Waals surface area contributed by atoms with Gasteiger partial charge < -0.3 is 19.8 Å². The van der Waals surface area contributed by atoms with Gasteiger partial charge in [0.25, 0.3) is 0 Å². The Morgan fingerprint density at radius 3 is 1.97 bits per heavy atom. The molecular weight excluding hydrogens is 412 g/mol. The second kappa shape index (κ2) is 10.6. The van der Waals surface area contributed by atoms with E-state index in [2.05, 4.69) is 11.0 Å². The van der Waals surface area contributed by atoms with E-state index in [9.17, 15) is 10.2 Å². The van der Waals surface area contributed by atoms with Gasteiger partial charge >= 0.3 is 0 Å². The lowest BCUT2D eigenvalue weighted by molar-refractivity contribution is -0.0222. The predicted molar refractivity (Wildman–Crippen MR) is 128 cm³/mol.